The normalized spacial score (nSPS) is 20.1. The fourth-order valence-corrected chi connectivity index (χ4v) is 3.57. The number of nitrogens with one attached hydrogen (secondary N) is 1. The number of aliphatic hydroxyl groups is 1. The summed E-state index contributed by atoms with van der Waals surface area (Å²) >= 11 is 0. The Morgan fingerprint density at radius 2 is 2.04 bits per heavy atom. The van der Waals surface area contributed by atoms with Crippen LogP contribution in [-0.2, 0) is 0 Å². The van der Waals surface area contributed by atoms with Crippen LogP contribution in [0.4, 0.5) is 4.79 Å². The van der Waals surface area contributed by atoms with Crippen molar-refractivity contribution in [3.8, 4) is 5.69 Å². The van der Waals surface area contributed by atoms with Crippen molar-refractivity contribution in [1.82, 2.24) is 30.4 Å². The summed E-state index contributed by atoms with van der Waals surface area (Å²) < 4.78 is 1.72. The number of aliphatic hydroxyl groups excluding tert-OH is 1. The first-order valence-electron chi connectivity index (χ1n) is 8.60. The first kappa shape index (κ1) is 17.3. The summed E-state index contributed by atoms with van der Waals surface area (Å²) in [5.41, 5.74) is 3.07. The SMILES string of the molecule is CCNC(=O)N1[C@H](CO)CC[C@H]1c1nnnn1-c1c(C)cccc1C. The number of aromatic nitrogens is 4. The lowest BCUT2D eigenvalue weighted by atomic mass is 10.1. The Hall–Kier alpha value is -2.48. The quantitative estimate of drug-likeness (QED) is 0.876. The van der Waals surface area contributed by atoms with E-state index < -0.39 is 0 Å². The minimum atomic E-state index is -0.266. The molecular formula is C17H24N6O2. The van der Waals surface area contributed by atoms with Gasteiger partial charge in [0.15, 0.2) is 5.82 Å². The summed E-state index contributed by atoms with van der Waals surface area (Å²) in [6.07, 6.45) is 1.44. The predicted octanol–water partition coefficient (Wildman–Crippen LogP) is 1.51. The van der Waals surface area contributed by atoms with Crippen molar-refractivity contribution in [1.29, 1.82) is 0 Å². The molecule has 1 aliphatic rings. The van der Waals surface area contributed by atoms with E-state index in [4.69, 9.17) is 0 Å². The molecule has 2 atom stereocenters. The molecule has 8 nitrogen and oxygen atoms in total. The fourth-order valence-electron chi connectivity index (χ4n) is 3.57. The molecule has 25 heavy (non-hydrogen) atoms. The highest BCUT2D eigenvalue weighted by atomic mass is 16.3. The number of aryl methyl sites for hydroxylation is 2. The third kappa shape index (κ3) is 3.09. The molecule has 3 rings (SSSR count). The standard InChI is InChI=1S/C17H24N6O2/c1-4-18-17(25)22-13(10-24)8-9-14(22)16-19-20-21-23(16)15-11(2)6-5-7-12(15)3/h5-7,13-14,24H,4,8-10H2,1-3H3,(H,18,25)/t13-,14-/m0/s1. The lowest BCUT2D eigenvalue weighted by molar-refractivity contribution is 0.135. The molecule has 2 aromatic rings. The highest BCUT2D eigenvalue weighted by Gasteiger charge is 2.40. The van der Waals surface area contributed by atoms with Gasteiger partial charge in [-0.05, 0) is 55.2 Å². The van der Waals surface area contributed by atoms with E-state index >= 15 is 0 Å². The Balaban J connectivity index is 2.03. The van der Waals surface area contributed by atoms with Gasteiger partial charge in [0.05, 0.1) is 24.4 Å². The van der Waals surface area contributed by atoms with Gasteiger partial charge in [0, 0.05) is 6.54 Å². The molecule has 1 saturated heterocycles. The molecular weight excluding hydrogens is 320 g/mol. The van der Waals surface area contributed by atoms with Crippen molar-refractivity contribution in [3.63, 3.8) is 0 Å². The predicted molar refractivity (Wildman–Crippen MR) is 92.4 cm³/mol. The molecule has 0 spiro atoms. The molecule has 0 aliphatic carbocycles. The van der Waals surface area contributed by atoms with Crippen molar-refractivity contribution in [2.75, 3.05) is 13.2 Å². The summed E-state index contributed by atoms with van der Waals surface area (Å²) in [7, 11) is 0. The number of para-hydroxylation sites is 1. The van der Waals surface area contributed by atoms with Gasteiger partial charge in [-0.1, -0.05) is 18.2 Å². The number of likely N-dealkylation sites (tertiary alicyclic amines) is 1. The number of amides is 2. The summed E-state index contributed by atoms with van der Waals surface area (Å²) in [5, 5.41) is 24.7. The van der Waals surface area contributed by atoms with E-state index in [1.807, 2.05) is 39.0 Å². The zero-order valence-corrected chi connectivity index (χ0v) is 14.8. The zero-order chi connectivity index (χ0) is 18.0. The highest BCUT2D eigenvalue weighted by Crippen LogP contribution is 2.36. The van der Waals surface area contributed by atoms with E-state index in [2.05, 4.69) is 20.8 Å². The van der Waals surface area contributed by atoms with Crippen LogP contribution in [0.25, 0.3) is 5.69 Å². The number of hydrogen-bond donors (Lipinski definition) is 2. The first-order chi connectivity index (χ1) is 12.1. The number of nitrogens with zero attached hydrogens (tertiary/aromatic N) is 5. The van der Waals surface area contributed by atoms with Crippen LogP contribution in [0.5, 0.6) is 0 Å². The number of benzene rings is 1. The summed E-state index contributed by atoms with van der Waals surface area (Å²) in [6, 6.07) is 5.34. The molecule has 1 aliphatic heterocycles. The van der Waals surface area contributed by atoms with Crippen molar-refractivity contribution in [3.05, 3.63) is 35.2 Å². The van der Waals surface area contributed by atoms with E-state index in [-0.39, 0.29) is 24.7 Å². The summed E-state index contributed by atoms with van der Waals surface area (Å²) in [4.78, 5) is 14.2. The lowest BCUT2D eigenvalue weighted by Crippen LogP contribution is -2.45. The van der Waals surface area contributed by atoms with Crippen molar-refractivity contribution >= 4 is 6.03 Å². The molecule has 0 unspecified atom stereocenters. The van der Waals surface area contributed by atoms with Gasteiger partial charge >= 0.3 is 6.03 Å². The minimum absolute atomic E-state index is 0.0708. The number of rotatable bonds is 4. The number of carbonyl (C=O) groups excluding carboxylic acids is 1. The number of tetrazole rings is 1. The Morgan fingerprint density at radius 1 is 1.32 bits per heavy atom. The molecule has 0 saturated carbocycles. The van der Waals surface area contributed by atoms with Gasteiger partial charge in [0.2, 0.25) is 0 Å². The average Bonchev–Trinajstić information content (AvgIpc) is 3.20. The summed E-state index contributed by atoms with van der Waals surface area (Å²) in [5.74, 6) is 0.625. The number of carbonyl (C=O) groups is 1. The van der Waals surface area contributed by atoms with E-state index in [1.165, 1.54) is 0 Å². The molecule has 0 radical (unpaired) electrons. The zero-order valence-electron chi connectivity index (χ0n) is 14.8. The Morgan fingerprint density at radius 3 is 2.68 bits per heavy atom. The maximum Gasteiger partial charge on any atom is 0.318 e. The molecule has 2 amide bonds. The van der Waals surface area contributed by atoms with Crippen molar-refractivity contribution in [2.24, 2.45) is 0 Å². The summed E-state index contributed by atoms with van der Waals surface area (Å²) in [6.45, 7) is 6.36. The Bertz CT molecular complexity index is 739. The van der Waals surface area contributed by atoms with E-state index in [0.29, 0.717) is 18.8 Å². The molecule has 8 heteroatoms. The molecule has 1 aromatic carbocycles. The topological polar surface area (TPSA) is 96.2 Å². The average molecular weight is 344 g/mol. The van der Waals surface area contributed by atoms with Crippen LogP contribution < -0.4 is 5.32 Å². The second-order valence-corrected chi connectivity index (χ2v) is 6.36. The van der Waals surface area contributed by atoms with Crippen LogP contribution in [0.2, 0.25) is 0 Å². The van der Waals surface area contributed by atoms with Crippen molar-refractivity contribution < 1.29 is 9.90 Å². The minimum Gasteiger partial charge on any atom is -0.394 e. The smallest absolute Gasteiger partial charge is 0.318 e. The molecule has 2 N–H and O–H groups in total. The molecule has 1 aromatic heterocycles. The second-order valence-electron chi connectivity index (χ2n) is 6.36. The van der Waals surface area contributed by atoms with Gasteiger partial charge in [0.1, 0.15) is 0 Å². The van der Waals surface area contributed by atoms with Crippen LogP contribution in [0.15, 0.2) is 18.2 Å². The van der Waals surface area contributed by atoms with Crippen molar-refractivity contribution in [2.45, 2.75) is 45.7 Å². The fraction of sp³-hybridized carbons (Fsp3) is 0.529. The van der Waals surface area contributed by atoms with Gasteiger partial charge in [-0.15, -0.1) is 5.10 Å². The Labute approximate surface area is 146 Å². The van der Waals surface area contributed by atoms with E-state index in [0.717, 1.165) is 23.2 Å². The van der Waals surface area contributed by atoms with Crippen LogP contribution in [0.3, 0.4) is 0 Å². The first-order valence-corrected chi connectivity index (χ1v) is 8.60. The maximum atomic E-state index is 12.5. The Kier molecular flexibility index (Phi) is 4.98. The number of urea groups is 1. The van der Waals surface area contributed by atoms with E-state index in [9.17, 15) is 9.90 Å². The van der Waals surface area contributed by atoms with Gasteiger partial charge in [-0.2, -0.15) is 4.68 Å². The third-order valence-corrected chi connectivity index (χ3v) is 4.72. The second kappa shape index (κ2) is 7.18. The third-order valence-electron chi connectivity index (χ3n) is 4.72. The van der Waals surface area contributed by atoms with Crippen LogP contribution in [0, 0.1) is 13.8 Å². The van der Waals surface area contributed by atoms with Crippen LogP contribution >= 0.6 is 0 Å². The molecule has 2 heterocycles. The van der Waals surface area contributed by atoms with Gasteiger partial charge in [-0.3, -0.25) is 0 Å². The van der Waals surface area contributed by atoms with Gasteiger partial charge in [0.25, 0.3) is 0 Å². The van der Waals surface area contributed by atoms with Gasteiger partial charge < -0.3 is 15.3 Å². The van der Waals surface area contributed by atoms with E-state index in [1.54, 1.807) is 9.58 Å². The molecule has 134 valence electrons. The van der Waals surface area contributed by atoms with Gasteiger partial charge in [-0.25, -0.2) is 4.79 Å². The highest BCUT2D eigenvalue weighted by molar-refractivity contribution is 5.75. The molecule has 0 bridgehead atoms. The van der Waals surface area contributed by atoms with Crippen LogP contribution in [0.1, 0.15) is 42.8 Å². The lowest BCUT2D eigenvalue weighted by Gasteiger charge is -2.29. The maximum absolute atomic E-state index is 12.5. The largest absolute Gasteiger partial charge is 0.394 e. The molecule has 1 fully saturated rings. The number of hydrogen-bond acceptors (Lipinski definition) is 5. The van der Waals surface area contributed by atoms with Crippen LogP contribution in [-0.4, -0.2) is 55.4 Å². The monoisotopic (exact) mass is 344 g/mol.